The molecule has 25 heavy (non-hydrogen) atoms. The van der Waals surface area contributed by atoms with Crippen molar-refractivity contribution in [2.45, 2.75) is 6.92 Å². The molecule has 1 saturated heterocycles. The van der Waals surface area contributed by atoms with Crippen molar-refractivity contribution in [2.75, 3.05) is 6.54 Å². The third-order valence-corrected chi connectivity index (χ3v) is 4.07. The second-order valence-electron chi connectivity index (χ2n) is 5.59. The van der Waals surface area contributed by atoms with Gasteiger partial charge in [0.05, 0.1) is 0 Å². The van der Waals surface area contributed by atoms with Crippen LogP contribution in [0.15, 0.2) is 59.0 Å². The Labute approximate surface area is 150 Å². The van der Waals surface area contributed by atoms with Gasteiger partial charge in [-0.3, -0.25) is 19.8 Å². The fourth-order valence-electron chi connectivity index (χ4n) is 2.43. The molecule has 2 amide bonds. The average molecular weight is 352 g/mol. The van der Waals surface area contributed by atoms with Crippen molar-refractivity contribution in [3.63, 3.8) is 0 Å². The number of nitrogens with one attached hydrogen (secondary N) is 1. The Morgan fingerprint density at radius 2 is 1.92 bits per heavy atom. The topological polar surface area (TPSA) is 62.6 Å². The predicted octanol–water partition coefficient (Wildman–Crippen LogP) is 3.07. The first-order valence-electron chi connectivity index (χ1n) is 7.66. The van der Waals surface area contributed by atoms with Crippen LogP contribution in [0.1, 0.15) is 11.3 Å². The Kier molecular flexibility index (Phi) is 4.63. The maximum atomic E-state index is 12.5. The van der Waals surface area contributed by atoms with Crippen LogP contribution < -0.4 is 5.32 Å². The zero-order valence-electron chi connectivity index (χ0n) is 13.6. The summed E-state index contributed by atoms with van der Waals surface area (Å²) in [5, 5.41) is 2.58. The molecule has 6 heteroatoms. The SMILES string of the molecule is C=CCN1C(=O)C(=Cc2ccc(-c3ccc(C)cc3)o2)C(=O)NC1=S. The van der Waals surface area contributed by atoms with Crippen molar-refractivity contribution in [2.24, 2.45) is 0 Å². The number of hydrogen-bond acceptors (Lipinski definition) is 4. The molecule has 1 aromatic heterocycles. The van der Waals surface area contributed by atoms with E-state index < -0.39 is 11.8 Å². The van der Waals surface area contributed by atoms with Crippen LogP contribution in [0.3, 0.4) is 0 Å². The Morgan fingerprint density at radius 3 is 2.60 bits per heavy atom. The minimum Gasteiger partial charge on any atom is -0.457 e. The lowest BCUT2D eigenvalue weighted by atomic mass is 10.1. The van der Waals surface area contributed by atoms with Crippen LogP contribution in [-0.2, 0) is 9.59 Å². The van der Waals surface area contributed by atoms with Crippen LogP contribution in [-0.4, -0.2) is 28.4 Å². The van der Waals surface area contributed by atoms with E-state index in [4.69, 9.17) is 16.6 Å². The molecule has 1 aromatic carbocycles. The maximum absolute atomic E-state index is 12.5. The van der Waals surface area contributed by atoms with Crippen LogP contribution in [0.25, 0.3) is 17.4 Å². The molecule has 0 aliphatic carbocycles. The molecule has 3 rings (SSSR count). The number of amides is 2. The molecule has 0 radical (unpaired) electrons. The van der Waals surface area contributed by atoms with Crippen LogP contribution >= 0.6 is 12.2 Å². The number of hydrogen-bond donors (Lipinski definition) is 1. The summed E-state index contributed by atoms with van der Waals surface area (Å²) in [6, 6.07) is 11.4. The van der Waals surface area contributed by atoms with Crippen molar-refractivity contribution < 1.29 is 14.0 Å². The normalized spacial score (nSPS) is 16.3. The van der Waals surface area contributed by atoms with E-state index in [-0.39, 0.29) is 17.2 Å². The molecule has 1 aliphatic rings. The Morgan fingerprint density at radius 1 is 1.20 bits per heavy atom. The van der Waals surface area contributed by atoms with Crippen LogP contribution in [0, 0.1) is 6.92 Å². The second kappa shape index (κ2) is 6.86. The molecular weight excluding hydrogens is 336 g/mol. The van der Waals surface area contributed by atoms with E-state index in [9.17, 15) is 9.59 Å². The molecule has 1 aliphatic heterocycles. The van der Waals surface area contributed by atoms with Crippen molar-refractivity contribution in [1.82, 2.24) is 10.2 Å². The molecule has 2 heterocycles. The first kappa shape index (κ1) is 16.9. The highest BCUT2D eigenvalue weighted by molar-refractivity contribution is 7.80. The van der Waals surface area contributed by atoms with E-state index >= 15 is 0 Å². The first-order chi connectivity index (χ1) is 12.0. The van der Waals surface area contributed by atoms with Gasteiger partial charge in [0, 0.05) is 12.1 Å². The Hall–Kier alpha value is -2.99. The number of rotatable bonds is 4. The van der Waals surface area contributed by atoms with Gasteiger partial charge in [0.25, 0.3) is 11.8 Å². The molecule has 0 unspecified atom stereocenters. The maximum Gasteiger partial charge on any atom is 0.266 e. The summed E-state index contributed by atoms with van der Waals surface area (Å²) in [5.74, 6) is 0.0694. The van der Waals surface area contributed by atoms with Gasteiger partial charge in [-0.1, -0.05) is 35.9 Å². The molecule has 126 valence electrons. The average Bonchev–Trinajstić information content (AvgIpc) is 3.05. The van der Waals surface area contributed by atoms with E-state index in [0.29, 0.717) is 11.5 Å². The summed E-state index contributed by atoms with van der Waals surface area (Å²) in [5.41, 5.74) is 2.05. The molecule has 5 nitrogen and oxygen atoms in total. The summed E-state index contributed by atoms with van der Waals surface area (Å²) < 4.78 is 5.75. The van der Waals surface area contributed by atoms with Gasteiger partial charge in [0.2, 0.25) is 0 Å². The Balaban J connectivity index is 1.90. The zero-order valence-corrected chi connectivity index (χ0v) is 14.4. The highest BCUT2D eigenvalue weighted by Gasteiger charge is 2.32. The molecule has 2 aromatic rings. The number of aryl methyl sites for hydroxylation is 1. The number of benzene rings is 1. The largest absolute Gasteiger partial charge is 0.457 e. The monoisotopic (exact) mass is 352 g/mol. The molecule has 1 N–H and O–H groups in total. The third kappa shape index (κ3) is 3.44. The summed E-state index contributed by atoms with van der Waals surface area (Å²) in [6.45, 7) is 5.82. The van der Waals surface area contributed by atoms with Gasteiger partial charge in [0.1, 0.15) is 17.1 Å². The lowest BCUT2D eigenvalue weighted by Crippen LogP contribution is -2.53. The van der Waals surface area contributed by atoms with Gasteiger partial charge >= 0.3 is 0 Å². The fourth-order valence-corrected chi connectivity index (χ4v) is 2.68. The lowest BCUT2D eigenvalue weighted by molar-refractivity contribution is -0.128. The standard InChI is InChI=1S/C19H16N2O3S/c1-3-10-21-18(23)15(17(22)20-19(21)25)11-14-8-9-16(24-14)13-6-4-12(2)5-7-13/h3-9,11H,1,10H2,2H3,(H,20,22,25). The van der Waals surface area contributed by atoms with Crippen LogP contribution in [0.5, 0.6) is 0 Å². The van der Waals surface area contributed by atoms with Gasteiger partial charge in [-0.15, -0.1) is 6.58 Å². The molecule has 1 fully saturated rings. The fraction of sp³-hybridized carbons (Fsp3) is 0.105. The van der Waals surface area contributed by atoms with Crippen LogP contribution in [0.4, 0.5) is 0 Å². The van der Waals surface area contributed by atoms with E-state index in [1.807, 2.05) is 31.2 Å². The Bertz CT molecular complexity index is 894. The van der Waals surface area contributed by atoms with E-state index in [1.165, 1.54) is 11.0 Å². The quantitative estimate of drug-likeness (QED) is 0.398. The summed E-state index contributed by atoms with van der Waals surface area (Å²) in [7, 11) is 0. The van der Waals surface area contributed by atoms with Crippen molar-refractivity contribution >= 4 is 35.2 Å². The summed E-state index contributed by atoms with van der Waals surface area (Å²) >= 11 is 5.02. The van der Waals surface area contributed by atoms with Crippen LogP contribution in [0.2, 0.25) is 0 Å². The minimum absolute atomic E-state index is 0.0275. The molecule has 0 atom stereocenters. The minimum atomic E-state index is -0.538. The highest BCUT2D eigenvalue weighted by Crippen LogP contribution is 2.24. The van der Waals surface area contributed by atoms with Crippen molar-refractivity contribution in [1.29, 1.82) is 0 Å². The smallest absolute Gasteiger partial charge is 0.266 e. The lowest BCUT2D eigenvalue weighted by Gasteiger charge is -2.27. The molecule has 0 saturated carbocycles. The predicted molar refractivity (Wildman–Crippen MR) is 99.5 cm³/mol. The highest BCUT2D eigenvalue weighted by atomic mass is 32.1. The van der Waals surface area contributed by atoms with Gasteiger partial charge in [-0.25, -0.2) is 0 Å². The summed E-state index contributed by atoms with van der Waals surface area (Å²) in [6.07, 6.45) is 2.97. The molecular formula is C19H16N2O3S. The third-order valence-electron chi connectivity index (χ3n) is 3.75. The van der Waals surface area contributed by atoms with Gasteiger partial charge < -0.3 is 4.42 Å². The molecule has 0 bridgehead atoms. The van der Waals surface area contributed by atoms with E-state index in [2.05, 4.69) is 11.9 Å². The molecule has 0 spiro atoms. The number of nitrogens with zero attached hydrogens (tertiary/aromatic N) is 1. The number of furan rings is 1. The first-order valence-corrected chi connectivity index (χ1v) is 8.07. The van der Waals surface area contributed by atoms with E-state index in [1.54, 1.807) is 18.2 Å². The zero-order chi connectivity index (χ0) is 18.0. The van der Waals surface area contributed by atoms with E-state index in [0.717, 1.165) is 11.1 Å². The number of carbonyl (C=O) groups is 2. The van der Waals surface area contributed by atoms with Gasteiger partial charge in [-0.2, -0.15) is 0 Å². The number of thiocarbonyl (C=S) groups is 1. The van der Waals surface area contributed by atoms with Gasteiger partial charge in [-0.05, 0) is 37.4 Å². The van der Waals surface area contributed by atoms with Crippen molar-refractivity contribution in [3.8, 4) is 11.3 Å². The second-order valence-corrected chi connectivity index (χ2v) is 5.98. The van der Waals surface area contributed by atoms with Gasteiger partial charge in [0.15, 0.2) is 5.11 Å². The summed E-state index contributed by atoms with van der Waals surface area (Å²) in [4.78, 5) is 25.9. The van der Waals surface area contributed by atoms with Crippen molar-refractivity contribution in [3.05, 3.63) is 65.9 Å². The number of carbonyl (C=O) groups excluding carboxylic acids is 2.